The number of hydrogen-bond acceptors (Lipinski definition) is 4. The molecule has 1 aromatic carbocycles. The molecule has 1 aliphatic rings. The summed E-state index contributed by atoms with van der Waals surface area (Å²) in [5.41, 5.74) is 1.47. The van der Waals surface area contributed by atoms with Crippen LogP contribution < -0.4 is 0 Å². The van der Waals surface area contributed by atoms with Crippen molar-refractivity contribution in [1.29, 1.82) is 0 Å². The number of ketones is 1. The van der Waals surface area contributed by atoms with Gasteiger partial charge in [-0.3, -0.25) is 9.78 Å². The van der Waals surface area contributed by atoms with Gasteiger partial charge in [-0.25, -0.2) is 0 Å². The van der Waals surface area contributed by atoms with Crippen molar-refractivity contribution in [2.24, 2.45) is 0 Å². The second-order valence-electron chi connectivity index (χ2n) is 4.17. The van der Waals surface area contributed by atoms with Gasteiger partial charge in [-0.2, -0.15) is 0 Å². The zero-order valence-electron chi connectivity index (χ0n) is 9.83. The van der Waals surface area contributed by atoms with Crippen LogP contribution in [0.15, 0.2) is 36.5 Å². The third-order valence-corrected chi connectivity index (χ3v) is 3.02. The Kier molecular flexibility index (Phi) is 3.04. The van der Waals surface area contributed by atoms with Crippen LogP contribution in [0.2, 0.25) is 0 Å². The molecule has 18 heavy (non-hydrogen) atoms. The monoisotopic (exact) mass is 243 g/mol. The number of rotatable bonds is 2. The molecule has 2 heterocycles. The molecule has 0 aliphatic carbocycles. The Morgan fingerprint density at radius 1 is 1.22 bits per heavy atom. The molecule has 4 nitrogen and oxygen atoms in total. The lowest BCUT2D eigenvalue weighted by Crippen LogP contribution is -2.35. The summed E-state index contributed by atoms with van der Waals surface area (Å²) in [6.45, 7) is 1.36. The minimum absolute atomic E-state index is 0.0340. The molecule has 1 fully saturated rings. The molecule has 0 bridgehead atoms. The van der Waals surface area contributed by atoms with Gasteiger partial charge >= 0.3 is 0 Å². The number of hydrogen-bond donors (Lipinski definition) is 0. The van der Waals surface area contributed by atoms with E-state index >= 15 is 0 Å². The van der Waals surface area contributed by atoms with Gasteiger partial charge in [0, 0.05) is 17.1 Å². The molecule has 1 saturated heterocycles. The number of Topliss-reactive ketones (excluding diaryl/α,β-unsaturated/α-hetero) is 1. The van der Waals surface area contributed by atoms with Gasteiger partial charge in [-0.05, 0) is 12.1 Å². The molecule has 1 aliphatic heterocycles. The van der Waals surface area contributed by atoms with Gasteiger partial charge in [0.1, 0.15) is 6.10 Å². The third-order valence-electron chi connectivity index (χ3n) is 3.02. The number of nitrogens with zero attached hydrogens (tertiary/aromatic N) is 1. The van der Waals surface area contributed by atoms with E-state index in [0.717, 1.165) is 10.9 Å². The Bertz CT molecular complexity index is 571. The van der Waals surface area contributed by atoms with Crippen LogP contribution in [0.3, 0.4) is 0 Å². The van der Waals surface area contributed by atoms with Crippen molar-refractivity contribution in [3.63, 3.8) is 0 Å². The largest absolute Gasteiger partial charge is 0.376 e. The summed E-state index contributed by atoms with van der Waals surface area (Å²) in [7, 11) is 0. The smallest absolute Gasteiger partial charge is 0.194 e. The van der Waals surface area contributed by atoms with Crippen LogP contribution in [0.4, 0.5) is 0 Å². The van der Waals surface area contributed by atoms with E-state index in [-0.39, 0.29) is 5.78 Å². The lowest BCUT2D eigenvalue weighted by molar-refractivity contribution is -0.0718. The second kappa shape index (κ2) is 4.84. The maximum Gasteiger partial charge on any atom is 0.194 e. The van der Waals surface area contributed by atoms with E-state index in [9.17, 15) is 4.79 Å². The summed E-state index contributed by atoms with van der Waals surface area (Å²) in [6.07, 6.45) is 1.22. The van der Waals surface area contributed by atoms with Crippen molar-refractivity contribution >= 4 is 16.7 Å². The summed E-state index contributed by atoms with van der Waals surface area (Å²) < 4.78 is 10.7. The highest BCUT2D eigenvalue weighted by atomic mass is 16.6. The average Bonchev–Trinajstić information content (AvgIpc) is 2.47. The number of fused-ring (bicyclic) bond motifs is 1. The predicted molar refractivity (Wildman–Crippen MR) is 66.6 cm³/mol. The van der Waals surface area contributed by atoms with Gasteiger partial charge in [0.2, 0.25) is 0 Å². The van der Waals surface area contributed by atoms with E-state index in [1.54, 1.807) is 6.20 Å². The van der Waals surface area contributed by atoms with Gasteiger partial charge in [-0.15, -0.1) is 0 Å². The van der Waals surface area contributed by atoms with Crippen molar-refractivity contribution in [2.75, 3.05) is 19.8 Å². The molecule has 0 N–H and O–H groups in total. The molecule has 0 amide bonds. The molecule has 3 rings (SSSR count). The molecule has 0 spiro atoms. The van der Waals surface area contributed by atoms with Crippen LogP contribution in [0, 0.1) is 0 Å². The first-order chi connectivity index (χ1) is 8.86. The van der Waals surface area contributed by atoms with E-state index in [4.69, 9.17) is 9.47 Å². The number of benzene rings is 1. The highest BCUT2D eigenvalue weighted by molar-refractivity contribution is 6.09. The van der Waals surface area contributed by atoms with Gasteiger partial charge in [0.05, 0.1) is 25.3 Å². The maximum absolute atomic E-state index is 12.4. The Balaban J connectivity index is 2.00. The first kappa shape index (κ1) is 11.3. The van der Waals surface area contributed by atoms with Crippen LogP contribution in [-0.2, 0) is 9.47 Å². The number of aromatic nitrogens is 1. The molecule has 4 heteroatoms. The Morgan fingerprint density at radius 2 is 2.17 bits per heavy atom. The average molecular weight is 243 g/mol. The summed E-state index contributed by atoms with van der Waals surface area (Å²) in [5, 5.41) is 0.860. The fourth-order valence-corrected chi connectivity index (χ4v) is 2.13. The summed E-state index contributed by atoms with van der Waals surface area (Å²) >= 11 is 0. The van der Waals surface area contributed by atoms with Crippen molar-refractivity contribution in [3.05, 3.63) is 42.1 Å². The zero-order valence-corrected chi connectivity index (χ0v) is 9.83. The number of carbonyl (C=O) groups excluding carboxylic acids is 1. The standard InChI is InChI=1S/C14H13NO3/c16-14(13-9-17-7-8-18-13)11-3-1-5-12-10(11)4-2-6-15-12/h1-6,13H,7-9H2. The van der Waals surface area contributed by atoms with Crippen molar-refractivity contribution in [2.45, 2.75) is 6.10 Å². The molecule has 1 atom stereocenters. The molecule has 1 unspecified atom stereocenters. The summed E-state index contributed by atoms with van der Waals surface area (Å²) in [4.78, 5) is 16.6. The quantitative estimate of drug-likeness (QED) is 0.755. The fourth-order valence-electron chi connectivity index (χ4n) is 2.13. The third kappa shape index (κ3) is 2.00. The first-order valence-electron chi connectivity index (χ1n) is 5.93. The fraction of sp³-hybridized carbons (Fsp3) is 0.286. The Morgan fingerprint density at radius 3 is 3.00 bits per heavy atom. The van der Waals surface area contributed by atoms with Gasteiger partial charge in [0.25, 0.3) is 0 Å². The van der Waals surface area contributed by atoms with Crippen molar-refractivity contribution in [3.8, 4) is 0 Å². The highest BCUT2D eigenvalue weighted by Gasteiger charge is 2.25. The van der Waals surface area contributed by atoms with Gasteiger partial charge < -0.3 is 9.47 Å². The van der Waals surface area contributed by atoms with Gasteiger partial charge in [-0.1, -0.05) is 18.2 Å². The van der Waals surface area contributed by atoms with Crippen LogP contribution in [0.25, 0.3) is 10.9 Å². The topological polar surface area (TPSA) is 48.4 Å². The first-order valence-corrected chi connectivity index (χ1v) is 5.93. The molecular formula is C14H13NO3. The van der Waals surface area contributed by atoms with E-state index in [0.29, 0.717) is 25.4 Å². The molecule has 92 valence electrons. The van der Waals surface area contributed by atoms with Gasteiger partial charge in [0.15, 0.2) is 5.78 Å². The van der Waals surface area contributed by atoms with Crippen LogP contribution >= 0.6 is 0 Å². The zero-order chi connectivity index (χ0) is 12.4. The molecule has 0 radical (unpaired) electrons. The van der Waals surface area contributed by atoms with E-state index < -0.39 is 6.10 Å². The lowest BCUT2D eigenvalue weighted by atomic mass is 10.0. The molecule has 1 aromatic heterocycles. The lowest BCUT2D eigenvalue weighted by Gasteiger charge is -2.22. The molecular weight excluding hydrogens is 230 g/mol. The normalized spacial score (nSPS) is 19.9. The second-order valence-corrected chi connectivity index (χ2v) is 4.17. The SMILES string of the molecule is O=C(c1cccc2ncccc12)C1COCCO1. The minimum atomic E-state index is -0.496. The van der Waals surface area contributed by atoms with E-state index in [2.05, 4.69) is 4.98 Å². The minimum Gasteiger partial charge on any atom is -0.376 e. The Hall–Kier alpha value is -1.78. The van der Waals surface area contributed by atoms with Crippen LogP contribution in [0.1, 0.15) is 10.4 Å². The molecule has 0 saturated carbocycles. The maximum atomic E-state index is 12.4. The van der Waals surface area contributed by atoms with E-state index in [1.165, 1.54) is 0 Å². The number of carbonyl (C=O) groups is 1. The highest BCUT2D eigenvalue weighted by Crippen LogP contribution is 2.19. The summed E-state index contributed by atoms with van der Waals surface area (Å²) in [5.74, 6) is -0.0340. The van der Waals surface area contributed by atoms with Crippen LogP contribution in [-0.4, -0.2) is 36.7 Å². The van der Waals surface area contributed by atoms with E-state index in [1.807, 2.05) is 30.3 Å². The van der Waals surface area contributed by atoms with Crippen LogP contribution in [0.5, 0.6) is 0 Å². The summed E-state index contributed by atoms with van der Waals surface area (Å²) in [6, 6.07) is 9.28. The molecule has 2 aromatic rings. The number of pyridine rings is 1. The van der Waals surface area contributed by atoms with Crippen molar-refractivity contribution < 1.29 is 14.3 Å². The van der Waals surface area contributed by atoms with Crippen molar-refractivity contribution in [1.82, 2.24) is 4.98 Å². The number of ether oxygens (including phenoxy) is 2. The predicted octanol–water partition coefficient (Wildman–Crippen LogP) is 1.83. The Labute approximate surface area is 105 Å².